The summed E-state index contributed by atoms with van der Waals surface area (Å²) in [5.74, 6) is 1.57. The van der Waals surface area contributed by atoms with Gasteiger partial charge in [-0.3, -0.25) is 0 Å². The maximum Gasteiger partial charge on any atom is 0.191 e. The van der Waals surface area contributed by atoms with Gasteiger partial charge in [0.1, 0.15) is 5.75 Å². The Balaban J connectivity index is 2.16. The van der Waals surface area contributed by atoms with E-state index in [1.165, 1.54) is 19.3 Å². The summed E-state index contributed by atoms with van der Waals surface area (Å²) in [6.45, 7) is 15.8. The van der Waals surface area contributed by atoms with E-state index in [-0.39, 0.29) is 0 Å². The average molecular weight is 352 g/mol. The first kappa shape index (κ1) is 21.0. The van der Waals surface area contributed by atoms with Crippen LogP contribution >= 0.6 is 0 Å². The number of ether oxygens (including phenoxy) is 1. The summed E-state index contributed by atoms with van der Waals surface area (Å²) in [6.07, 6.45) is 3.64. The highest BCUT2D eigenvalue weighted by Gasteiger charge is 2.36. The van der Waals surface area contributed by atoms with Crippen LogP contribution in [0.5, 0.6) is 5.75 Å². The normalized spacial score (nSPS) is 13.6. The monoisotopic (exact) mass is 351 g/mol. The molecule has 1 rings (SSSR count). The number of unbranched alkanes of at least 4 members (excludes halogenated alkanes) is 1. The molecule has 0 aliphatic rings. The van der Waals surface area contributed by atoms with Gasteiger partial charge in [0.05, 0.1) is 7.11 Å². The molecular formula is C20H37NO2Si. The van der Waals surface area contributed by atoms with E-state index in [2.05, 4.69) is 58.2 Å². The molecule has 0 fully saturated rings. The molecular weight excluding hydrogens is 314 g/mol. The first-order valence-corrected chi connectivity index (χ1v) is 12.1. The predicted octanol–water partition coefficient (Wildman–Crippen LogP) is 5.94. The van der Waals surface area contributed by atoms with Crippen LogP contribution in [0.15, 0.2) is 24.3 Å². The lowest BCUT2D eigenvalue weighted by Gasteiger charge is -2.36. The van der Waals surface area contributed by atoms with Crippen LogP contribution in [0.1, 0.15) is 47.0 Å². The van der Waals surface area contributed by atoms with Crippen molar-refractivity contribution in [1.29, 1.82) is 0 Å². The average Bonchev–Trinajstić information content (AvgIpc) is 2.52. The second kappa shape index (κ2) is 9.47. The molecule has 1 atom stereocenters. The van der Waals surface area contributed by atoms with Gasteiger partial charge in [0.2, 0.25) is 0 Å². The van der Waals surface area contributed by atoms with E-state index >= 15 is 0 Å². The standard InChI is InChI=1S/C20H37NO2Si/c1-17(16-21-18-11-13-19(22-5)14-12-18)10-8-9-15-23-24(6,7)20(2,3)4/h11-14,17,21H,8-10,15-16H2,1-7H3. The van der Waals surface area contributed by atoms with E-state index in [1.807, 2.05) is 12.1 Å². The summed E-state index contributed by atoms with van der Waals surface area (Å²) in [4.78, 5) is 0. The fourth-order valence-corrected chi connectivity index (χ4v) is 3.33. The van der Waals surface area contributed by atoms with Gasteiger partial charge in [-0.05, 0) is 61.2 Å². The van der Waals surface area contributed by atoms with Crippen molar-refractivity contribution in [3.63, 3.8) is 0 Å². The quantitative estimate of drug-likeness (QED) is 0.418. The number of hydrogen-bond donors (Lipinski definition) is 1. The lowest BCUT2D eigenvalue weighted by Crippen LogP contribution is -2.40. The van der Waals surface area contributed by atoms with Crippen molar-refractivity contribution in [2.24, 2.45) is 5.92 Å². The van der Waals surface area contributed by atoms with E-state index in [0.29, 0.717) is 11.0 Å². The van der Waals surface area contributed by atoms with Gasteiger partial charge in [0.15, 0.2) is 8.32 Å². The number of nitrogens with one attached hydrogen (secondary N) is 1. The maximum absolute atomic E-state index is 6.24. The first-order valence-electron chi connectivity index (χ1n) is 9.17. The minimum Gasteiger partial charge on any atom is -0.497 e. The van der Waals surface area contributed by atoms with Crippen LogP contribution in [0.4, 0.5) is 5.69 Å². The smallest absolute Gasteiger partial charge is 0.191 e. The fourth-order valence-electron chi connectivity index (χ4n) is 2.24. The lowest BCUT2D eigenvalue weighted by molar-refractivity contribution is 0.275. The van der Waals surface area contributed by atoms with Crippen LogP contribution < -0.4 is 10.1 Å². The highest BCUT2D eigenvalue weighted by atomic mass is 28.4. The zero-order valence-electron chi connectivity index (χ0n) is 16.7. The van der Waals surface area contributed by atoms with Crippen molar-refractivity contribution < 1.29 is 9.16 Å². The zero-order chi connectivity index (χ0) is 18.2. The Morgan fingerprint density at radius 1 is 1.08 bits per heavy atom. The van der Waals surface area contributed by atoms with Gasteiger partial charge in [-0.2, -0.15) is 0 Å². The van der Waals surface area contributed by atoms with E-state index in [4.69, 9.17) is 9.16 Å². The van der Waals surface area contributed by atoms with Gasteiger partial charge in [-0.25, -0.2) is 0 Å². The van der Waals surface area contributed by atoms with Crippen LogP contribution in [-0.4, -0.2) is 28.6 Å². The summed E-state index contributed by atoms with van der Waals surface area (Å²) in [5.41, 5.74) is 1.16. The molecule has 4 heteroatoms. The van der Waals surface area contributed by atoms with E-state index in [9.17, 15) is 0 Å². The molecule has 0 radical (unpaired) electrons. The van der Waals surface area contributed by atoms with Crippen molar-refractivity contribution in [1.82, 2.24) is 0 Å². The molecule has 3 nitrogen and oxygen atoms in total. The molecule has 1 unspecified atom stereocenters. The molecule has 0 aliphatic heterocycles. The largest absolute Gasteiger partial charge is 0.497 e. The topological polar surface area (TPSA) is 30.5 Å². The van der Waals surface area contributed by atoms with Crippen molar-refractivity contribution in [3.05, 3.63) is 24.3 Å². The minimum absolute atomic E-state index is 0.308. The van der Waals surface area contributed by atoms with Crippen LogP contribution in [-0.2, 0) is 4.43 Å². The van der Waals surface area contributed by atoms with Crippen LogP contribution in [0.3, 0.4) is 0 Å². The first-order chi connectivity index (χ1) is 11.2. The second-order valence-corrected chi connectivity index (χ2v) is 13.1. The summed E-state index contributed by atoms with van der Waals surface area (Å²) >= 11 is 0. The van der Waals surface area contributed by atoms with Crippen molar-refractivity contribution in [2.75, 3.05) is 25.6 Å². The van der Waals surface area contributed by atoms with Gasteiger partial charge in [0, 0.05) is 18.8 Å². The molecule has 0 aromatic heterocycles. The van der Waals surface area contributed by atoms with Gasteiger partial charge < -0.3 is 14.5 Å². The summed E-state index contributed by atoms with van der Waals surface area (Å²) in [6, 6.07) is 8.12. The molecule has 138 valence electrons. The third-order valence-electron chi connectivity index (χ3n) is 5.11. The lowest BCUT2D eigenvalue weighted by atomic mass is 10.0. The van der Waals surface area contributed by atoms with E-state index in [0.717, 1.165) is 24.6 Å². The van der Waals surface area contributed by atoms with Gasteiger partial charge in [-0.1, -0.05) is 34.1 Å². The van der Waals surface area contributed by atoms with Crippen LogP contribution in [0.2, 0.25) is 18.1 Å². The molecule has 0 amide bonds. The summed E-state index contributed by atoms with van der Waals surface area (Å²) in [7, 11) is 0.122. The number of benzene rings is 1. The number of hydrogen-bond acceptors (Lipinski definition) is 3. The predicted molar refractivity (Wildman–Crippen MR) is 108 cm³/mol. The Hall–Kier alpha value is -1.00. The number of anilines is 1. The Morgan fingerprint density at radius 3 is 2.25 bits per heavy atom. The molecule has 0 saturated heterocycles. The Bertz CT molecular complexity index is 466. The van der Waals surface area contributed by atoms with Crippen LogP contribution in [0.25, 0.3) is 0 Å². The minimum atomic E-state index is -1.57. The molecule has 1 aromatic rings. The highest BCUT2D eigenvalue weighted by Crippen LogP contribution is 2.36. The molecule has 0 spiro atoms. The van der Waals surface area contributed by atoms with Gasteiger partial charge >= 0.3 is 0 Å². The molecule has 0 aliphatic carbocycles. The molecule has 1 N–H and O–H groups in total. The van der Waals surface area contributed by atoms with E-state index in [1.54, 1.807) is 7.11 Å². The maximum atomic E-state index is 6.24. The molecule has 0 saturated carbocycles. The van der Waals surface area contributed by atoms with E-state index < -0.39 is 8.32 Å². The second-order valence-electron chi connectivity index (χ2n) is 8.32. The molecule has 24 heavy (non-hydrogen) atoms. The Labute approximate surface area is 150 Å². The third kappa shape index (κ3) is 7.26. The van der Waals surface area contributed by atoms with Gasteiger partial charge in [-0.15, -0.1) is 0 Å². The molecule has 1 aromatic carbocycles. The van der Waals surface area contributed by atoms with Crippen molar-refractivity contribution in [3.8, 4) is 5.75 Å². The highest BCUT2D eigenvalue weighted by molar-refractivity contribution is 6.74. The fraction of sp³-hybridized carbons (Fsp3) is 0.700. The third-order valence-corrected chi connectivity index (χ3v) is 9.64. The zero-order valence-corrected chi connectivity index (χ0v) is 17.7. The summed E-state index contributed by atoms with van der Waals surface area (Å²) < 4.78 is 11.4. The summed E-state index contributed by atoms with van der Waals surface area (Å²) in [5, 5.41) is 3.81. The molecule has 0 heterocycles. The Morgan fingerprint density at radius 2 is 1.71 bits per heavy atom. The van der Waals surface area contributed by atoms with Crippen LogP contribution in [0, 0.1) is 5.92 Å². The molecule has 0 bridgehead atoms. The number of rotatable bonds is 10. The Kier molecular flexibility index (Phi) is 8.30. The van der Waals surface area contributed by atoms with Crippen molar-refractivity contribution >= 4 is 14.0 Å². The SMILES string of the molecule is COc1ccc(NCC(C)CCCCO[Si](C)(C)C(C)(C)C)cc1. The number of methoxy groups -OCH3 is 1. The van der Waals surface area contributed by atoms with Crippen molar-refractivity contribution in [2.45, 2.75) is 65.1 Å². The van der Waals surface area contributed by atoms with Gasteiger partial charge in [0.25, 0.3) is 0 Å².